The number of hydrogen-bond donors (Lipinski definition) is 1. The van der Waals surface area contributed by atoms with Crippen molar-refractivity contribution >= 4 is 11.5 Å². The van der Waals surface area contributed by atoms with Crippen LogP contribution in [0, 0.1) is 5.82 Å². The molecule has 2 rings (SSSR count). The van der Waals surface area contributed by atoms with Crippen molar-refractivity contribution in [1.29, 1.82) is 0 Å². The third-order valence-electron chi connectivity index (χ3n) is 2.39. The summed E-state index contributed by atoms with van der Waals surface area (Å²) in [5.74, 6) is 0.160. The minimum atomic E-state index is -0.241. The van der Waals surface area contributed by atoms with Crippen molar-refractivity contribution in [3.63, 3.8) is 0 Å². The molecule has 0 saturated carbocycles. The fraction of sp³-hybridized carbons (Fsp3) is 0.167. The predicted octanol–water partition coefficient (Wildman–Crippen LogP) is 1.83. The summed E-state index contributed by atoms with van der Waals surface area (Å²) >= 11 is 0. The number of nitrogens with zero attached hydrogens (tertiary/aromatic N) is 3. The van der Waals surface area contributed by atoms with Gasteiger partial charge in [0, 0.05) is 12.7 Å². The molecule has 0 radical (unpaired) electrons. The first-order valence-electron chi connectivity index (χ1n) is 5.18. The van der Waals surface area contributed by atoms with Crippen LogP contribution in [0.4, 0.5) is 15.9 Å². The van der Waals surface area contributed by atoms with Crippen LogP contribution >= 0.6 is 0 Å². The van der Waals surface area contributed by atoms with E-state index in [4.69, 9.17) is 5.73 Å². The molecule has 0 saturated heterocycles. The van der Waals surface area contributed by atoms with Crippen molar-refractivity contribution in [2.75, 3.05) is 17.7 Å². The molecule has 0 aliphatic carbocycles. The van der Waals surface area contributed by atoms with E-state index in [-0.39, 0.29) is 5.82 Å². The van der Waals surface area contributed by atoms with Crippen LogP contribution < -0.4 is 10.6 Å². The Morgan fingerprint density at radius 1 is 1.18 bits per heavy atom. The number of aromatic nitrogens is 2. The first kappa shape index (κ1) is 11.3. The molecule has 4 nitrogen and oxygen atoms in total. The monoisotopic (exact) mass is 232 g/mol. The van der Waals surface area contributed by atoms with E-state index in [1.165, 1.54) is 18.3 Å². The van der Waals surface area contributed by atoms with E-state index in [0.717, 1.165) is 11.4 Å². The van der Waals surface area contributed by atoms with Crippen LogP contribution in [0.3, 0.4) is 0 Å². The van der Waals surface area contributed by atoms with Gasteiger partial charge in [-0.1, -0.05) is 0 Å². The van der Waals surface area contributed by atoms with Crippen molar-refractivity contribution in [3.05, 3.63) is 48.2 Å². The fourth-order valence-electron chi connectivity index (χ4n) is 1.48. The van der Waals surface area contributed by atoms with Crippen LogP contribution in [0.2, 0.25) is 0 Å². The van der Waals surface area contributed by atoms with Crippen LogP contribution in [-0.2, 0) is 6.54 Å². The Morgan fingerprint density at radius 2 is 1.88 bits per heavy atom. The van der Waals surface area contributed by atoms with Crippen molar-refractivity contribution in [3.8, 4) is 0 Å². The van der Waals surface area contributed by atoms with Gasteiger partial charge in [-0.2, -0.15) is 0 Å². The van der Waals surface area contributed by atoms with Crippen LogP contribution in [-0.4, -0.2) is 17.0 Å². The Bertz CT molecular complexity index is 481. The average Bonchev–Trinajstić information content (AvgIpc) is 2.33. The van der Waals surface area contributed by atoms with E-state index >= 15 is 0 Å². The average molecular weight is 232 g/mol. The highest BCUT2D eigenvalue weighted by Crippen LogP contribution is 2.14. The zero-order valence-corrected chi connectivity index (χ0v) is 9.47. The Hall–Kier alpha value is -2.17. The van der Waals surface area contributed by atoms with Gasteiger partial charge in [0.1, 0.15) is 11.6 Å². The standard InChI is InChI=1S/C12H13FN4/c1-17(11-4-2-9(13)3-5-11)8-10-6-16-12(14)7-15-10/h2-7H,8H2,1H3,(H2,14,16). The van der Waals surface area contributed by atoms with Gasteiger partial charge in [0.05, 0.1) is 24.6 Å². The van der Waals surface area contributed by atoms with E-state index < -0.39 is 0 Å². The number of hydrogen-bond acceptors (Lipinski definition) is 4. The van der Waals surface area contributed by atoms with Gasteiger partial charge in [-0.15, -0.1) is 0 Å². The lowest BCUT2D eigenvalue weighted by Crippen LogP contribution is -2.17. The molecule has 0 aliphatic heterocycles. The van der Waals surface area contributed by atoms with Gasteiger partial charge in [0.2, 0.25) is 0 Å². The molecule has 0 atom stereocenters. The van der Waals surface area contributed by atoms with Gasteiger partial charge in [-0.25, -0.2) is 9.37 Å². The van der Waals surface area contributed by atoms with E-state index in [1.54, 1.807) is 18.3 Å². The molecule has 0 fully saturated rings. The van der Waals surface area contributed by atoms with Gasteiger partial charge in [-0.05, 0) is 24.3 Å². The van der Waals surface area contributed by atoms with Crippen molar-refractivity contribution < 1.29 is 4.39 Å². The maximum Gasteiger partial charge on any atom is 0.141 e. The summed E-state index contributed by atoms with van der Waals surface area (Å²) < 4.78 is 12.8. The molecule has 1 aromatic heterocycles. The summed E-state index contributed by atoms with van der Waals surface area (Å²) in [7, 11) is 1.91. The minimum Gasteiger partial charge on any atom is -0.382 e. The highest BCUT2D eigenvalue weighted by molar-refractivity contribution is 5.45. The van der Waals surface area contributed by atoms with Gasteiger partial charge in [0.15, 0.2) is 0 Å². The molecule has 0 bridgehead atoms. The number of halogens is 1. The number of rotatable bonds is 3. The molecule has 2 N–H and O–H groups in total. The SMILES string of the molecule is CN(Cc1cnc(N)cn1)c1ccc(F)cc1. The third kappa shape index (κ3) is 2.90. The van der Waals surface area contributed by atoms with Crippen LogP contribution in [0.15, 0.2) is 36.7 Å². The predicted molar refractivity (Wildman–Crippen MR) is 65.0 cm³/mol. The van der Waals surface area contributed by atoms with Gasteiger partial charge >= 0.3 is 0 Å². The maximum absolute atomic E-state index is 12.8. The Kier molecular flexibility index (Phi) is 3.18. The van der Waals surface area contributed by atoms with Gasteiger partial charge in [0.25, 0.3) is 0 Å². The molecule has 5 heteroatoms. The number of benzene rings is 1. The second-order valence-electron chi connectivity index (χ2n) is 3.77. The molecule has 17 heavy (non-hydrogen) atoms. The molecular formula is C12H13FN4. The van der Waals surface area contributed by atoms with Gasteiger partial charge < -0.3 is 10.6 Å². The Labute approximate surface area is 98.9 Å². The Morgan fingerprint density at radius 3 is 2.47 bits per heavy atom. The first-order chi connectivity index (χ1) is 8.15. The smallest absolute Gasteiger partial charge is 0.141 e. The summed E-state index contributed by atoms with van der Waals surface area (Å²) in [6.45, 7) is 0.596. The van der Waals surface area contributed by atoms with Crippen LogP contribution in [0.25, 0.3) is 0 Å². The molecule has 2 aromatic rings. The first-order valence-corrected chi connectivity index (χ1v) is 5.18. The molecule has 1 heterocycles. The number of anilines is 2. The topological polar surface area (TPSA) is 55.0 Å². The molecule has 0 aliphatic rings. The highest BCUT2D eigenvalue weighted by Gasteiger charge is 2.03. The lowest BCUT2D eigenvalue weighted by molar-refractivity contribution is 0.627. The molecule has 0 spiro atoms. The molecule has 88 valence electrons. The molecule has 0 amide bonds. The van der Waals surface area contributed by atoms with Crippen molar-refractivity contribution in [2.24, 2.45) is 0 Å². The number of nitrogen functional groups attached to an aromatic ring is 1. The van der Waals surface area contributed by atoms with Gasteiger partial charge in [-0.3, -0.25) is 4.98 Å². The zero-order valence-electron chi connectivity index (χ0n) is 9.47. The van der Waals surface area contributed by atoms with E-state index in [0.29, 0.717) is 12.4 Å². The minimum absolute atomic E-state index is 0.241. The maximum atomic E-state index is 12.8. The summed E-state index contributed by atoms with van der Waals surface area (Å²) in [5.41, 5.74) is 7.19. The number of nitrogens with two attached hydrogens (primary N) is 1. The normalized spacial score (nSPS) is 10.2. The highest BCUT2D eigenvalue weighted by atomic mass is 19.1. The van der Waals surface area contributed by atoms with Crippen molar-refractivity contribution in [2.45, 2.75) is 6.54 Å². The second kappa shape index (κ2) is 4.78. The summed E-state index contributed by atoms with van der Waals surface area (Å²) in [5, 5.41) is 0. The summed E-state index contributed by atoms with van der Waals surface area (Å²) in [4.78, 5) is 10.1. The van der Waals surface area contributed by atoms with E-state index in [9.17, 15) is 4.39 Å². The lowest BCUT2D eigenvalue weighted by Gasteiger charge is -2.18. The zero-order chi connectivity index (χ0) is 12.3. The molecular weight excluding hydrogens is 219 g/mol. The molecule has 0 unspecified atom stereocenters. The van der Waals surface area contributed by atoms with Crippen molar-refractivity contribution in [1.82, 2.24) is 9.97 Å². The summed E-state index contributed by atoms with van der Waals surface area (Å²) in [6.07, 6.45) is 3.16. The second-order valence-corrected chi connectivity index (χ2v) is 3.77. The fourth-order valence-corrected chi connectivity index (χ4v) is 1.48. The summed E-state index contributed by atoms with van der Waals surface area (Å²) in [6, 6.07) is 6.31. The van der Waals surface area contributed by atoms with Crippen LogP contribution in [0.5, 0.6) is 0 Å². The Balaban J connectivity index is 2.08. The quantitative estimate of drug-likeness (QED) is 0.877. The largest absolute Gasteiger partial charge is 0.382 e. The van der Waals surface area contributed by atoms with Crippen LogP contribution in [0.1, 0.15) is 5.69 Å². The third-order valence-corrected chi connectivity index (χ3v) is 2.39. The van der Waals surface area contributed by atoms with E-state index in [1.807, 2.05) is 11.9 Å². The van der Waals surface area contributed by atoms with E-state index in [2.05, 4.69) is 9.97 Å². The lowest BCUT2D eigenvalue weighted by atomic mass is 10.3. The molecule has 1 aromatic carbocycles.